The number of ether oxygens (including phenoxy) is 1. The minimum atomic E-state index is 0.0783. The lowest BCUT2D eigenvalue weighted by Crippen LogP contribution is -2.28. The van der Waals surface area contributed by atoms with Gasteiger partial charge in [0.1, 0.15) is 5.75 Å². The zero-order valence-corrected chi connectivity index (χ0v) is 13.2. The van der Waals surface area contributed by atoms with Crippen LogP contribution in [0.4, 0.5) is 5.69 Å². The van der Waals surface area contributed by atoms with Crippen LogP contribution in [0.2, 0.25) is 0 Å². The third kappa shape index (κ3) is 5.70. The third-order valence-corrected chi connectivity index (χ3v) is 3.16. The second-order valence-corrected chi connectivity index (χ2v) is 5.23. The molecule has 1 aromatic rings. The molecule has 0 N–H and O–H groups in total. The highest BCUT2D eigenvalue weighted by molar-refractivity contribution is 6.18. The van der Waals surface area contributed by atoms with Gasteiger partial charge in [-0.15, -0.1) is 11.6 Å². The summed E-state index contributed by atoms with van der Waals surface area (Å²) < 4.78 is 5.70. The third-order valence-electron chi connectivity index (χ3n) is 2.97. The summed E-state index contributed by atoms with van der Waals surface area (Å²) >= 11 is 5.55. The monoisotopic (exact) mass is 298 g/mol. The van der Waals surface area contributed by atoms with Crippen LogP contribution >= 0.6 is 11.6 Å². The van der Waals surface area contributed by atoms with Crippen molar-refractivity contribution in [2.75, 3.05) is 45.1 Å². The van der Waals surface area contributed by atoms with Crippen LogP contribution in [-0.2, 0) is 4.79 Å². The Morgan fingerprint density at radius 1 is 1.30 bits per heavy atom. The molecule has 0 aromatic heterocycles. The van der Waals surface area contributed by atoms with Crippen LogP contribution in [0.25, 0.3) is 0 Å². The largest absolute Gasteiger partial charge is 0.493 e. The van der Waals surface area contributed by atoms with Crippen molar-refractivity contribution in [2.45, 2.75) is 12.8 Å². The van der Waals surface area contributed by atoms with Gasteiger partial charge in [0.05, 0.1) is 6.61 Å². The molecule has 112 valence electrons. The molecular formula is C15H23ClN2O2. The summed E-state index contributed by atoms with van der Waals surface area (Å²) in [6, 6.07) is 7.95. The SMILES string of the molecule is CN(CCCOc1cccc(N(C)C)c1)C(=O)CCCl. The second-order valence-electron chi connectivity index (χ2n) is 4.85. The zero-order chi connectivity index (χ0) is 15.0. The molecule has 0 aliphatic carbocycles. The Morgan fingerprint density at radius 2 is 2.05 bits per heavy atom. The zero-order valence-electron chi connectivity index (χ0n) is 12.4. The second kappa shape index (κ2) is 8.69. The van der Waals surface area contributed by atoms with Crippen LogP contribution in [0.5, 0.6) is 5.75 Å². The highest BCUT2D eigenvalue weighted by atomic mass is 35.5. The van der Waals surface area contributed by atoms with E-state index < -0.39 is 0 Å². The van der Waals surface area contributed by atoms with Gasteiger partial charge >= 0.3 is 0 Å². The van der Waals surface area contributed by atoms with Gasteiger partial charge in [0.2, 0.25) is 5.91 Å². The summed E-state index contributed by atoms with van der Waals surface area (Å²) in [6.45, 7) is 1.28. The van der Waals surface area contributed by atoms with E-state index >= 15 is 0 Å². The van der Waals surface area contributed by atoms with Crippen LogP contribution in [0.15, 0.2) is 24.3 Å². The lowest BCUT2D eigenvalue weighted by Gasteiger charge is -2.17. The van der Waals surface area contributed by atoms with E-state index in [1.54, 1.807) is 11.9 Å². The van der Waals surface area contributed by atoms with Crippen molar-refractivity contribution in [2.24, 2.45) is 0 Å². The van der Waals surface area contributed by atoms with Crippen molar-refractivity contribution in [1.29, 1.82) is 0 Å². The molecule has 0 saturated carbocycles. The van der Waals surface area contributed by atoms with Gasteiger partial charge < -0.3 is 14.5 Å². The molecule has 0 heterocycles. The van der Waals surface area contributed by atoms with Gasteiger partial charge in [-0.3, -0.25) is 4.79 Å². The molecule has 5 heteroatoms. The lowest BCUT2D eigenvalue weighted by molar-refractivity contribution is -0.129. The predicted octanol–water partition coefficient (Wildman–Crippen LogP) is 2.61. The number of alkyl halides is 1. The molecule has 0 fully saturated rings. The maximum Gasteiger partial charge on any atom is 0.223 e. The molecule has 0 spiro atoms. The Hall–Kier alpha value is -1.42. The van der Waals surface area contributed by atoms with E-state index in [0.29, 0.717) is 25.5 Å². The molecule has 1 aromatic carbocycles. The van der Waals surface area contributed by atoms with Crippen molar-refractivity contribution >= 4 is 23.2 Å². The van der Waals surface area contributed by atoms with Gasteiger partial charge in [-0.05, 0) is 18.6 Å². The maximum atomic E-state index is 11.5. The number of amides is 1. The van der Waals surface area contributed by atoms with Gasteiger partial charge in [-0.1, -0.05) is 6.07 Å². The number of halogens is 1. The van der Waals surface area contributed by atoms with Crippen LogP contribution in [0.1, 0.15) is 12.8 Å². The first-order valence-corrected chi connectivity index (χ1v) is 7.28. The molecule has 0 bridgehead atoms. The Bertz CT molecular complexity index is 424. The minimum Gasteiger partial charge on any atom is -0.493 e. The van der Waals surface area contributed by atoms with Gasteiger partial charge in [-0.2, -0.15) is 0 Å². The van der Waals surface area contributed by atoms with E-state index in [1.165, 1.54) is 0 Å². The Labute approximate surface area is 126 Å². The van der Waals surface area contributed by atoms with E-state index in [-0.39, 0.29) is 5.91 Å². The maximum absolute atomic E-state index is 11.5. The summed E-state index contributed by atoms with van der Waals surface area (Å²) in [7, 11) is 5.79. The normalized spacial score (nSPS) is 10.2. The first kappa shape index (κ1) is 16.6. The van der Waals surface area contributed by atoms with E-state index in [4.69, 9.17) is 16.3 Å². The number of hydrogen-bond acceptors (Lipinski definition) is 3. The first-order chi connectivity index (χ1) is 9.54. The van der Waals surface area contributed by atoms with Crippen molar-refractivity contribution in [3.05, 3.63) is 24.3 Å². The quantitative estimate of drug-likeness (QED) is 0.546. The number of anilines is 1. The fourth-order valence-corrected chi connectivity index (χ4v) is 1.90. The number of carbonyl (C=O) groups excluding carboxylic acids is 1. The van der Waals surface area contributed by atoms with E-state index in [9.17, 15) is 4.79 Å². The molecule has 0 saturated heterocycles. The molecule has 1 rings (SSSR count). The summed E-state index contributed by atoms with van der Waals surface area (Å²) in [4.78, 5) is 15.3. The van der Waals surface area contributed by atoms with E-state index in [1.807, 2.05) is 43.3 Å². The minimum absolute atomic E-state index is 0.0783. The highest BCUT2D eigenvalue weighted by Gasteiger charge is 2.07. The molecular weight excluding hydrogens is 276 g/mol. The number of hydrogen-bond donors (Lipinski definition) is 0. The summed E-state index contributed by atoms with van der Waals surface area (Å²) in [6.07, 6.45) is 1.19. The molecule has 1 amide bonds. The molecule has 0 aliphatic heterocycles. The van der Waals surface area contributed by atoms with Gasteiger partial charge in [0.25, 0.3) is 0 Å². The van der Waals surface area contributed by atoms with Crippen LogP contribution < -0.4 is 9.64 Å². The highest BCUT2D eigenvalue weighted by Crippen LogP contribution is 2.19. The molecule has 0 radical (unpaired) electrons. The van der Waals surface area contributed by atoms with Gasteiger partial charge in [0, 0.05) is 51.7 Å². The fourth-order valence-electron chi connectivity index (χ4n) is 1.74. The van der Waals surface area contributed by atoms with Crippen molar-refractivity contribution in [3.63, 3.8) is 0 Å². The average Bonchev–Trinajstić information content (AvgIpc) is 2.44. The summed E-state index contributed by atoms with van der Waals surface area (Å²) in [5.74, 6) is 1.30. The number of rotatable bonds is 8. The molecule has 4 nitrogen and oxygen atoms in total. The Balaban J connectivity index is 2.31. The predicted molar refractivity (Wildman–Crippen MR) is 83.9 cm³/mol. The van der Waals surface area contributed by atoms with E-state index in [0.717, 1.165) is 17.9 Å². The standard InChI is InChI=1S/C15H23ClN2O2/c1-17(2)13-6-4-7-14(12-13)20-11-5-10-18(3)15(19)8-9-16/h4,6-7,12H,5,8-11H2,1-3H3. The smallest absolute Gasteiger partial charge is 0.223 e. The van der Waals surface area contributed by atoms with Crippen LogP contribution in [0.3, 0.4) is 0 Å². The Kier molecular flexibility index (Phi) is 7.23. The molecule has 0 unspecified atom stereocenters. The lowest BCUT2D eigenvalue weighted by atomic mass is 10.3. The molecule has 0 aliphatic rings. The van der Waals surface area contributed by atoms with Crippen LogP contribution in [0, 0.1) is 0 Å². The summed E-state index contributed by atoms with van der Waals surface area (Å²) in [5, 5.41) is 0. The average molecular weight is 299 g/mol. The van der Waals surface area contributed by atoms with E-state index in [2.05, 4.69) is 0 Å². The van der Waals surface area contributed by atoms with Crippen LogP contribution in [-0.4, -0.2) is 51.0 Å². The van der Waals surface area contributed by atoms with Crippen molar-refractivity contribution < 1.29 is 9.53 Å². The van der Waals surface area contributed by atoms with Crippen molar-refractivity contribution in [1.82, 2.24) is 4.90 Å². The molecule has 20 heavy (non-hydrogen) atoms. The molecule has 0 atom stereocenters. The van der Waals surface area contributed by atoms with Crippen molar-refractivity contribution in [3.8, 4) is 5.75 Å². The fraction of sp³-hybridized carbons (Fsp3) is 0.533. The number of benzene rings is 1. The van der Waals surface area contributed by atoms with Gasteiger partial charge in [-0.25, -0.2) is 0 Å². The first-order valence-electron chi connectivity index (χ1n) is 6.74. The Morgan fingerprint density at radius 3 is 2.70 bits per heavy atom. The number of nitrogens with zero attached hydrogens (tertiary/aromatic N) is 2. The topological polar surface area (TPSA) is 32.8 Å². The number of carbonyl (C=O) groups is 1. The summed E-state index contributed by atoms with van der Waals surface area (Å²) in [5.41, 5.74) is 1.11. The van der Waals surface area contributed by atoms with Gasteiger partial charge in [0.15, 0.2) is 0 Å².